The first-order valence-electron chi connectivity index (χ1n) is 4.59. The third-order valence-electron chi connectivity index (χ3n) is 1.42. The van der Waals surface area contributed by atoms with Crippen molar-refractivity contribution < 1.29 is 9.47 Å². The second-order valence-corrected chi connectivity index (χ2v) is 3.65. The van der Waals surface area contributed by atoms with Crippen LogP contribution < -0.4 is 10.5 Å². The highest BCUT2D eigenvalue weighted by Gasteiger charge is 2.02. The van der Waals surface area contributed by atoms with Crippen LogP contribution in [0.25, 0.3) is 0 Å². The molecular weight excluding hydrogens is 202 g/mol. The molecule has 0 spiro atoms. The monoisotopic (exact) mass is 217 g/mol. The van der Waals surface area contributed by atoms with Crippen molar-refractivity contribution in [2.75, 3.05) is 19.8 Å². The van der Waals surface area contributed by atoms with Crippen LogP contribution in [-0.2, 0) is 11.3 Å². The lowest BCUT2D eigenvalue weighted by Crippen LogP contribution is -2.06. The largest absolute Gasteiger partial charge is 0.466 e. The van der Waals surface area contributed by atoms with Crippen molar-refractivity contribution in [1.29, 1.82) is 0 Å². The van der Waals surface area contributed by atoms with Crippen LogP contribution in [0.2, 0.25) is 0 Å². The summed E-state index contributed by atoms with van der Waals surface area (Å²) < 4.78 is 10.5. The number of hydrogen-bond donors (Lipinski definition) is 1. The third-order valence-corrected chi connectivity index (χ3v) is 2.28. The average Bonchev–Trinajstić information content (AvgIpc) is 2.65. The van der Waals surface area contributed by atoms with Crippen LogP contribution in [0.15, 0.2) is 0 Å². The number of nitrogens with zero attached hydrogens (tertiary/aromatic N) is 2. The lowest BCUT2D eigenvalue weighted by Gasteiger charge is -2.01. The van der Waals surface area contributed by atoms with E-state index in [1.807, 2.05) is 0 Å². The van der Waals surface area contributed by atoms with E-state index in [2.05, 4.69) is 17.1 Å². The fourth-order valence-electron chi connectivity index (χ4n) is 0.813. The number of nitrogens with two attached hydrogens (primary N) is 1. The van der Waals surface area contributed by atoms with E-state index in [9.17, 15) is 0 Å². The predicted molar refractivity (Wildman–Crippen MR) is 54.4 cm³/mol. The Kier molecular flexibility index (Phi) is 5.43. The zero-order chi connectivity index (χ0) is 10.2. The van der Waals surface area contributed by atoms with E-state index in [1.165, 1.54) is 11.3 Å². The quantitative estimate of drug-likeness (QED) is 0.684. The van der Waals surface area contributed by atoms with Crippen LogP contribution in [0.4, 0.5) is 0 Å². The molecule has 1 aromatic rings. The minimum absolute atomic E-state index is 0.410. The van der Waals surface area contributed by atoms with Gasteiger partial charge in [0, 0.05) is 13.2 Å². The summed E-state index contributed by atoms with van der Waals surface area (Å²) in [5, 5.41) is 8.99. The molecule has 6 heteroatoms. The Hall–Kier alpha value is -0.720. The molecule has 5 nitrogen and oxygen atoms in total. The molecule has 0 aliphatic carbocycles. The molecule has 0 saturated carbocycles. The standard InChI is InChI=1S/C8H15N3O2S/c1-2-3-12-4-5-13-8-11-10-7(6-9)14-8/h2-6,9H2,1H3. The van der Waals surface area contributed by atoms with Gasteiger partial charge in [-0.1, -0.05) is 18.3 Å². The summed E-state index contributed by atoms with van der Waals surface area (Å²) in [6.45, 7) is 4.35. The lowest BCUT2D eigenvalue weighted by molar-refractivity contribution is 0.100. The van der Waals surface area contributed by atoms with Crippen LogP contribution in [-0.4, -0.2) is 30.0 Å². The Morgan fingerprint density at radius 2 is 2.14 bits per heavy atom. The maximum atomic E-state index is 5.39. The molecule has 1 aromatic heterocycles. The maximum Gasteiger partial charge on any atom is 0.294 e. The van der Waals surface area contributed by atoms with Crippen molar-refractivity contribution in [2.45, 2.75) is 19.9 Å². The molecule has 2 N–H and O–H groups in total. The molecular formula is C8H15N3O2S. The van der Waals surface area contributed by atoms with Crippen LogP contribution in [0.5, 0.6) is 5.19 Å². The van der Waals surface area contributed by atoms with E-state index in [1.54, 1.807) is 0 Å². The molecule has 0 saturated heterocycles. The normalized spacial score (nSPS) is 10.4. The van der Waals surface area contributed by atoms with Gasteiger partial charge in [0.25, 0.3) is 5.19 Å². The van der Waals surface area contributed by atoms with E-state index in [-0.39, 0.29) is 0 Å². The van der Waals surface area contributed by atoms with Crippen molar-refractivity contribution in [3.8, 4) is 5.19 Å². The fourth-order valence-corrected chi connectivity index (χ4v) is 1.40. The topological polar surface area (TPSA) is 70.3 Å². The Morgan fingerprint density at radius 1 is 1.29 bits per heavy atom. The first-order valence-corrected chi connectivity index (χ1v) is 5.41. The SMILES string of the molecule is CCCOCCOc1nnc(CN)s1. The molecule has 80 valence electrons. The first kappa shape index (κ1) is 11.4. The van der Waals surface area contributed by atoms with Crippen LogP contribution in [0, 0.1) is 0 Å². The van der Waals surface area contributed by atoms with Gasteiger partial charge in [-0.25, -0.2) is 0 Å². The van der Waals surface area contributed by atoms with E-state index in [4.69, 9.17) is 15.2 Å². The summed E-state index contributed by atoms with van der Waals surface area (Å²) >= 11 is 1.37. The Bertz CT molecular complexity index is 254. The molecule has 0 fully saturated rings. The minimum atomic E-state index is 0.410. The van der Waals surface area contributed by atoms with Crippen molar-refractivity contribution in [1.82, 2.24) is 10.2 Å². The van der Waals surface area contributed by atoms with Crippen LogP contribution in [0.3, 0.4) is 0 Å². The average molecular weight is 217 g/mol. The first-order chi connectivity index (χ1) is 6.86. The molecule has 0 unspecified atom stereocenters. The maximum absolute atomic E-state index is 5.39. The lowest BCUT2D eigenvalue weighted by atomic mass is 10.5. The summed E-state index contributed by atoms with van der Waals surface area (Å²) in [7, 11) is 0. The van der Waals surface area contributed by atoms with Gasteiger partial charge in [-0.3, -0.25) is 0 Å². The van der Waals surface area contributed by atoms with Crippen LogP contribution in [0.1, 0.15) is 18.4 Å². The third kappa shape index (κ3) is 3.99. The summed E-state index contributed by atoms with van der Waals surface area (Å²) in [5.41, 5.74) is 5.39. The molecule has 0 aliphatic heterocycles. The van der Waals surface area contributed by atoms with Crippen molar-refractivity contribution in [3.63, 3.8) is 0 Å². The molecule has 0 amide bonds. The Balaban J connectivity index is 2.12. The van der Waals surface area contributed by atoms with Gasteiger partial charge in [-0.05, 0) is 6.42 Å². The summed E-state index contributed by atoms with van der Waals surface area (Å²) in [4.78, 5) is 0. The van der Waals surface area contributed by atoms with Gasteiger partial charge in [0.15, 0.2) is 0 Å². The second kappa shape index (κ2) is 6.69. The summed E-state index contributed by atoms with van der Waals surface area (Å²) in [5.74, 6) is 0. The molecule has 1 rings (SSSR count). The zero-order valence-corrected chi connectivity index (χ0v) is 9.05. The Morgan fingerprint density at radius 3 is 2.79 bits per heavy atom. The minimum Gasteiger partial charge on any atom is -0.466 e. The fraction of sp³-hybridized carbons (Fsp3) is 0.750. The van der Waals surface area contributed by atoms with Crippen molar-refractivity contribution >= 4 is 11.3 Å². The number of hydrogen-bond acceptors (Lipinski definition) is 6. The van der Waals surface area contributed by atoms with Crippen molar-refractivity contribution in [2.24, 2.45) is 5.73 Å². The summed E-state index contributed by atoms with van der Waals surface area (Å²) in [6, 6.07) is 0. The highest BCUT2D eigenvalue weighted by atomic mass is 32.1. The van der Waals surface area contributed by atoms with E-state index in [0.717, 1.165) is 18.0 Å². The molecule has 14 heavy (non-hydrogen) atoms. The molecule has 0 radical (unpaired) electrons. The highest BCUT2D eigenvalue weighted by molar-refractivity contribution is 7.13. The van der Waals surface area contributed by atoms with Gasteiger partial charge in [-0.15, -0.1) is 10.2 Å². The van der Waals surface area contributed by atoms with Gasteiger partial charge >= 0.3 is 0 Å². The number of ether oxygens (including phenoxy) is 2. The number of aromatic nitrogens is 2. The highest BCUT2D eigenvalue weighted by Crippen LogP contribution is 2.16. The Labute approximate surface area is 87.2 Å². The molecule has 0 atom stereocenters. The van der Waals surface area contributed by atoms with Crippen molar-refractivity contribution in [3.05, 3.63) is 5.01 Å². The molecule has 1 heterocycles. The van der Waals surface area contributed by atoms with E-state index >= 15 is 0 Å². The zero-order valence-electron chi connectivity index (χ0n) is 8.23. The smallest absolute Gasteiger partial charge is 0.294 e. The second-order valence-electron chi connectivity index (χ2n) is 2.63. The van der Waals surface area contributed by atoms with E-state index in [0.29, 0.717) is 25.0 Å². The van der Waals surface area contributed by atoms with Gasteiger partial charge < -0.3 is 15.2 Å². The van der Waals surface area contributed by atoms with Gasteiger partial charge in [0.1, 0.15) is 11.6 Å². The van der Waals surface area contributed by atoms with Gasteiger partial charge in [0.2, 0.25) is 0 Å². The summed E-state index contributed by atoms with van der Waals surface area (Å²) in [6.07, 6.45) is 1.02. The molecule has 0 aliphatic rings. The molecule has 0 bridgehead atoms. The van der Waals surface area contributed by atoms with E-state index < -0.39 is 0 Å². The predicted octanol–water partition coefficient (Wildman–Crippen LogP) is 0.802. The van der Waals surface area contributed by atoms with Gasteiger partial charge in [-0.2, -0.15) is 0 Å². The van der Waals surface area contributed by atoms with Gasteiger partial charge in [0.05, 0.1) is 6.61 Å². The number of rotatable bonds is 7. The van der Waals surface area contributed by atoms with Crippen LogP contribution >= 0.6 is 11.3 Å². The molecule has 0 aromatic carbocycles.